The van der Waals surface area contributed by atoms with Gasteiger partial charge in [0.2, 0.25) is 0 Å². The second-order valence-electron chi connectivity index (χ2n) is 11.1. The van der Waals surface area contributed by atoms with Gasteiger partial charge in [-0.2, -0.15) is 0 Å². The van der Waals surface area contributed by atoms with E-state index in [9.17, 15) is 15.3 Å². The van der Waals surface area contributed by atoms with E-state index in [1.165, 1.54) is 37.7 Å². The Bertz CT molecular complexity index is 717. The quantitative estimate of drug-likeness (QED) is 0.569. The highest BCUT2D eigenvalue weighted by molar-refractivity contribution is 5.26. The Hall–Kier alpha value is -1.08. The number of fused-ring (bicyclic) bond motifs is 1. The number of hydrogen-bond donors (Lipinski definition) is 3. The first-order valence-electron chi connectivity index (χ1n) is 12.0. The van der Waals surface area contributed by atoms with Crippen LogP contribution in [0.4, 0.5) is 0 Å². The minimum atomic E-state index is -0.909. The smallest absolute Gasteiger partial charge is 0.119 e. The first-order chi connectivity index (χ1) is 14.0. The molecule has 0 amide bonds. The summed E-state index contributed by atoms with van der Waals surface area (Å²) in [5.74, 6) is 8.03. The summed E-state index contributed by atoms with van der Waals surface area (Å²) in [7, 11) is 0. The minimum Gasteiger partial charge on any atom is -0.392 e. The number of aliphatic hydroxyl groups is 3. The maximum atomic E-state index is 10.2. The molecule has 0 spiro atoms. The predicted molar refractivity (Wildman–Crippen MR) is 123 cm³/mol. The second kappa shape index (κ2) is 9.19. The van der Waals surface area contributed by atoms with Crippen LogP contribution in [0.1, 0.15) is 86.0 Å². The van der Waals surface area contributed by atoms with Gasteiger partial charge in [-0.05, 0) is 82.0 Å². The molecule has 0 saturated heterocycles. The molecular formula is C27H42O3. The zero-order valence-electron chi connectivity index (χ0n) is 19.6. The number of allylic oxidation sites excluding steroid dienone is 3. The van der Waals surface area contributed by atoms with Crippen LogP contribution in [0.2, 0.25) is 0 Å². The molecule has 3 rings (SSSR count). The van der Waals surface area contributed by atoms with Crippen LogP contribution in [-0.4, -0.2) is 33.1 Å². The minimum absolute atomic E-state index is 0.0376. The van der Waals surface area contributed by atoms with Gasteiger partial charge in [0.25, 0.3) is 0 Å². The van der Waals surface area contributed by atoms with Gasteiger partial charge in [-0.15, -0.1) is 5.92 Å². The van der Waals surface area contributed by atoms with Crippen LogP contribution in [0.25, 0.3) is 0 Å². The van der Waals surface area contributed by atoms with Crippen molar-refractivity contribution in [2.75, 3.05) is 0 Å². The van der Waals surface area contributed by atoms with Gasteiger partial charge in [-0.3, -0.25) is 0 Å². The third kappa shape index (κ3) is 5.21. The monoisotopic (exact) mass is 414 g/mol. The summed E-state index contributed by atoms with van der Waals surface area (Å²) in [5.41, 5.74) is 2.17. The summed E-state index contributed by atoms with van der Waals surface area (Å²) in [6, 6.07) is 0. The molecule has 0 bridgehead atoms. The highest BCUT2D eigenvalue weighted by atomic mass is 16.3. The topological polar surface area (TPSA) is 60.7 Å². The van der Waals surface area contributed by atoms with E-state index in [1.54, 1.807) is 19.4 Å². The molecule has 3 aliphatic carbocycles. The van der Waals surface area contributed by atoms with Crippen molar-refractivity contribution in [1.29, 1.82) is 0 Å². The largest absolute Gasteiger partial charge is 0.392 e. The number of rotatable bonds is 3. The molecule has 3 saturated carbocycles. The van der Waals surface area contributed by atoms with E-state index in [0.717, 1.165) is 6.42 Å². The van der Waals surface area contributed by atoms with Crippen molar-refractivity contribution in [2.24, 2.45) is 29.1 Å². The van der Waals surface area contributed by atoms with Gasteiger partial charge in [-0.1, -0.05) is 50.0 Å². The van der Waals surface area contributed by atoms with Crippen molar-refractivity contribution in [3.63, 3.8) is 0 Å². The Morgan fingerprint density at radius 2 is 1.83 bits per heavy atom. The van der Waals surface area contributed by atoms with Gasteiger partial charge in [0.1, 0.15) is 5.60 Å². The van der Waals surface area contributed by atoms with Crippen LogP contribution < -0.4 is 0 Å². The molecule has 0 aromatic rings. The van der Waals surface area contributed by atoms with Crippen molar-refractivity contribution in [2.45, 2.75) is 104 Å². The second-order valence-corrected chi connectivity index (χ2v) is 11.1. The molecule has 0 radical (unpaired) electrons. The van der Waals surface area contributed by atoms with Gasteiger partial charge < -0.3 is 15.3 Å². The summed E-state index contributed by atoms with van der Waals surface area (Å²) in [5, 5.41) is 30.3. The van der Waals surface area contributed by atoms with Gasteiger partial charge in [0, 0.05) is 12.3 Å². The fourth-order valence-electron chi connectivity index (χ4n) is 6.39. The third-order valence-electron chi connectivity index (χ3n) is 8.23. The molecule has 7 atom stereocenters. The van der Waals surface area contributed by atoms with Gasteiger partial charge in [0.15, 0.2) is 0 Å². The van der Waals surface area contributed by atoms with Gasteiger partial charge >= 0.3 is 0 Å². The van der Waals surface area contributed by atoms with Crippen LogP contribution >= 0.6 is 0 Å². The molecule has 1 unspecified atom stereocenters. The first kappa shape index (κ1) is 23.6. The summed E-state index contributed by atoms with van der Waals surface area (Å²) in [6.07, 6.45) is 12.1. The molecule has 168 valence electrons. The maximum Gasteiger partial charge on any atom is 0.119 e. The van der Waals surface area contributed by atoms with Crippen molar-refractivity contribution < 1.29 is 15.3 Å². The van der Waals surface area contributed by atoms with Crippen LogP contribution in [0.15, 0.2) is 23.3 Å². The fraction of sp³-hybridized carbons (Fsp3) is 0.778. The maximum absolute atomic E-state index is 10.2. The fourth-order valence-corrected chi connectivity index (χ4v) is 6.39. The standard InChI is InChI=1S/C27H42O3/c1-18(8-6-14-26(3,4)30)22-12-13-23-21(9-7-15-27(22,23)5)11-10-20-16-24(28)19(2)25(29)17-20/h10-11,18-19,22-25,28-30H,7-9,12-13,15-17H2,1-5H3/b20-10?,21-11+/t18-,19?,22-,23+,24-,25+,27-/m1/s1. The van der Waals surface area contributed by atoms with Crippen LogP contribution in [-0.2, 0) is 0 Å². The third-order valence-corrected chi connectivity index (χ3v) is 8.23. The molecule has 3 heteroatoms. The van der Waals surface area contributed by atoms with Gasteiger partial charge in [0.05, 0.1) is 12.2 Å². The molecule has 3 fully saturated rings. The highest BCUT2D eigenvalue weighted by Gasteiger charge is 2.50. The van der Waals surface area contributed by atoms with E-state index in [-0.39, 0.29) is 5.92 Å². The van der Waals surface area contributed by atoms with E-state index < -0.39 is 17.8 Å². The van der Waals surface area contributed by atoms with Crippen molar-refractivity contribution in [3.05, 3.63) is 23.3 Å². The van der Waals surface area contributed by atoms with Crippen molar-refractivity contribution >= 4 is 0 Å². The average Bonchev–Trinajstić information content (AvgIpc) is 3.00. The molecule has 0 heterocycles. The number of hydrogen-bond acceptors (Lipinski definition) is 3. The Balaban J connectivity index is 1.72. The zero-order valence-corrected chi connectivity index (χ0v) is 19.6. The Morgan fingerprint density at radius 3 is 2.47 bits per heavy atom. The summed E-state index contributed by atoms with van der Waals surface area (Å²) >= 11 is 0. The lowest BCUT2D eigenvalue weighted by Gasteiger charge is -2.44. The Kier molecular flexibility index (Phi) is 7.22. The van der Waals surface area contributed by atoms with E-state index in [0.29, 0.717) is 36.0 Å². The molecular weight excluding hydrogens is 372 g/mol. The average molecular weight is 415 g/mol. The first-order valence-corrected chi connectivity index (χ1v) is 12.0. The lowest BCUT2D eigenvalue weighted by molar-refractivity contribution is 0.00406. The lowest BCUT2D eigenvalue weighted by Crippen LogP contribution is -2.36. The van der Waals surface area contributed by atoms with Crippen molar-refractivity contribution in [1.82, 2.24) is 0 Å². The van der Waals surface area contributed by atoms with E-state index in [2.05, 4.69) is 37.8 Å². The summed E-state index contributed by atoms with van der Waals surface area (Å²) in [4.78, 5) is 0. The lowest BCUT2D eigenvalue weighted by atomic mass is 9.61. The summed E-state index contributed by atoms with van der Waals surface area (Å²) in [6.45, 7) is 10.3. The molecule has 0 aromatic carbocycles. The molecule has 30 heavy (non-hydrogen) atoms. The molecule has 3 N–H and O–H groups in total. The van der Waals surface area contributed by atoms with Gasteiger partial charge in [-0.25, -0.2) is 0 Å². The Morgan fingerprint density at radius 1 is 1.17 bits per heavy atom. The van der Waals surface area contributed by atoms with E-state index in [1.807, 2.05) is 6.92 Å². The van der Waals surface area contributed by atoms with E-state index in [4.69, 9.17) is 0 Å². The Labute approximate surface area is 183 Å². The SMILES string of the molecule is CC1[C@H](O)CC(=C/C=C2\CCC[C@]3(C)[C@@H]([C@H](C)CC#CC(C)(C)O)CC[C@@H]23)C[C@@H]1O. The van der Waals surface area contributed by atoms with Crippen molar-refractivity contribution in [3.8, 4) is 11.8 Å². The zero-order chi connectivity index (χ0) is 22.1. The van der Waals surface area contributed by atoms with Crippen LogP contribution in [0.5, 0.6) is 0 Å². The number of aliphatic hydroxyl groups excluding tert-OH is 2. The molecule has 0 aliphatic heterocycles. The predicted octanol–water partition coefficient (Wildman–Crippen LogP) is 5.01. The van der Waals surface area contributed by atoms with Crippen LogP contribution in [0, 0.1) is 40.9 Å². The van der Waals surface area contributed by atoms with Crippen LogP contribution in [0.3, 0.4) is 0 Å². The molecule has 3 nitrogen and oxygen atoms in total. The molecule has 0 aromatic heterocycles. The highest BCUT2D eigenvalue weighted by Crippen LogP contribution is 2.59. The summed E-state index contributed by atoms with van der Waals surface area (Å²) < 4.78 is 0. The molecule has 3 aliphatic rings. The normalized spacial score (nSPS) is 40.7. The van der Waals surface area contributed by atoms with E-state index >= 15 is 0 Å².